The molecular formula is C13H16O. The zero-order valence-corrected chi connectivity index (χ0v) is 8.37. The van der Waals surface area contributed by atoms with Crippen LogP contribution in [0.5, 0.6) is 5.75 Å². The van der Waals surface area contributed by atoms with E-state index in [2.05, 4.69) is 6.07 Å². The number of hydrogen-bond donors (Lipinski definition) is 1. The highest BCUT2D eigenvalue weighted by molar-refractivity contribution is 5.41. The molecule has 2 aliphatic carbocycles. The van der Waals surface area contributed by atoms with Gasteiger partial charge in [-0.15, -0.1) is 0 Å². The van der Waals surface area contributed by atoms with Gasteiger partial charge in [0, 0.05) is 0 Å². The van der Waals surface area contributed by atoms with Gasteiger partial charge in [0.05, 0.1) is 0 Å². The summed E-state index contributed by atoms with van der Waals surface area (Å²) >= 11 is 0. The van der Waals surface area contributed by atoms with Gasteiger partial charge in [-0.05, 0) is 54.4 Å². The van der Waals surface area contributed by atoms with Crippen molar-refractivity contribution >= 4 is 0 Å². The van der Waals surface area contributed by atoms with Crippen LogP contribution in [0.25, 0.3) is 0 Å². The lowest BCUT2D eigenvalue weighted by molar-refractivity contribution is 0.330. The van der Waals surface area contributed by atoms with E-state index in [1.165, 1.54) is 43.2 Å². The van der Waals surface area contributed by atoms with Crippen molar-refractivity contribution in [2.45, 2.75) is 38.0 Å². The molecule has 1 aromatic rings. The molecule has 0 unspecified atom stereocenters. The lowest BCUT2D eigenvalue weighted by Gasteiger charge is -2.25. The van der Waals surface area contributed by atoms with Gasteiger partial charge in [0.15, 0.2) is 0 Å². The van der Waals surface area contributed by atoms with E-state index in [1.54, 1.807) is 0 Å². The molecule has 1 heteroatoms. The molecule has 1 N–H and O–H groups in total. The van der Waals surface area contributed by atoms with Crippen molar-refractivity contribution in [1.29, 1.82) is 0 Å². The molecule has 2 aliphatic rings. The molecule has 0 saturated heterocycles. The highest BCUT2D eigenvalue weighted by Crippen LogP contribution is 2.47. The monoisotopic (exact) mass is 188 g/mol. The van der Waals surface area contributed by atoms with Crippen molar-refractivity contribution < 1.29 is 5.11 Å². The molecule has 0 bridgehead atoms. The molecule has 14 heavy (non-hydrogen) atoms. The summed E-state index contributed by atoms with van der Waals surface area (Å²) in [5.41, 5.74) is 2.93. The smallest absolute Gasteiger partial charge is 0.115 e. The number of phenols is 1. The lowest BCUT2D eigenvalue weighted by atomic mass is 9.80. The summed E-state index contributed by atoms with van der Waals surface area (Å²) in [7, 11) is 0. The van der Waals surface area contributed by atoms with E-state index in [0.29, 0.717) is 5.75 Å². The summed E-state index contributed by atoms with van der Waals surface area (Å²) in [6.45, 7) is 0. The Labute approximate surface area is 84.8 Å². The van der Waals surface area contributed by atoms with Crippen LogP contribution in [0.3, 0.4) is 0 Å². The van der Waals surface area contributed by atoms with Gasteiger partial charge in [0.25, 0.3) is 0 Å². The molecule has 0 radical (unpaired) electrons. The normalized spacial score (nSPS) is 29.7. The second-order valence-electron chi connectivity index (χ2n) is 4.74. The van der Waals surface area contributed by atoms with Crippen LogP contribution in [-0.4, -0.2) is 5.11 Å². The molecule has 0 aliphatic heterocycles. The van der Waals surface area contributed by atoms with Crippen molar-refractivity contribution in [3.05, 3.63) is 29.3 Å². The topological polar surface area (TPSA) is 20.2 Å². The van der Waals surface area contributed by atoms with E-state index >= 15 is 0 Å². The Balaban J connectivity index is 2.01. The maximum Gasteiger partial charge on any atom is 0.115 e. The molecule has 0 aromatic heterocycles. The second kappa shape index (κ2) is 3.01. The molecule has 0 heterocycles. The predicted molar refractivity (Wildman–Crippen MR) is 56.5 cm³/mol. The van der Waals surface area contributed by atoms with E-state index in [4.69, 9.17) is 0 Å². The Hall–Kier alpha value is -0.980. The quantitative estimate of drug-likeness (QED) is 0.662. The van der Waals surface area contributed by atoms with Crippen molar-refractivity contribution in [2.75, 3.05) is 0 Å². The molecule has 1 nitrogen and oxygen atoms in total. The summed E-state index contributed by atoms with van der Waals surface area (Å²) in [4.78, 5) is 0. The van der Waals surface area contributed by atoms with Crippen molar-refractivity contribution in [1.82, 2.24) is 0 Å². The van der Waals surface area contributed by atoms with Crippen molar-refractivity contribution in [3.63, 3.8) is 0 Å². The third-order valence-corrected chi connectivity index (χ3v) is 3.92. The van der Waals surface area contributed by atoms with E-state index in [1.807, 2.05) is 12.1 Å². The first kappa shape index (κ1) is 8.34. The fourth-order valence-corrected chi connectivity index (χ4v) is 3.27. The fraction of sp³-hybridized carbons (Fsp3) is 0.538. The highest BCUT2D eigenvalue weighted by Gasteiger charge is 2.33. The Morgan fingerprint density at radius 3 is 2.93 bits per heavy atom. The molecule has 2 atom stereocenters. The first-order valence-corrected chi connectivity index (χ1v) is 5.66. The van der Waals surface area contributed by atoms with Crippen LogP contribution >= 0.6 is 0 Å². The molecule has 1 saturated carbocycles. The zero-order valence-electron chi connectivity index (χ0n) is 8.37. The van der Waals surface area contributed by atoms with Gasteiger partial charge in [-0.3, -0.25) is 0 Å². The molecule has 1 aromatic carbocycles. The highest BCUT2D eigenvalue weighted by atomic mass is 16.3. The summed E-state index contributed by atoms with van der Waals surface area (Å²) in [5.74, 6) is 2.11. The molecular weight excluding hydrogens is 172 g/mol. The zero-order chi connectivity index (χ0) is 9.54. The molecule has 0 spiro atoms. The summed E-state index contributed by atoms with van der Waals surface area (Å²) in [6.07, 6.45) is 6.75. The van der Waals surface area contributed by atoms with Crippen LogP contribution in [0.4, 0.5) is 0 Å². The van der Waals surface area contributed by atoms with E-state index < -0.39 is 0 Å². The summed E-state index contributed by atoms with van der Waals surface area (Å²) in [6, 6.07) is 5.95. The number of benzene rings is 1. The average Bonchev–Trinajstić information content (AvgIpc) is 2.54. The van der Waals surface area contributed by atoms with Crippen LogP contribution in [0.1, 0.15) is 42.7 Å². The van der Waals surface area contributed by atoms with E-state index in [9.17, 15) is 5.11 Å². The van der Waals surface area contributed by atoms with Gasteiger partial charge < -0.3 is 5.11 Å². The van der Waals surface area contributed by atoms with Crippen LogP contribution < -0.4 is 0 Å². The maximum atomic E-state index is 9.43. The summed E-state index contributed by atoms with van der Waals surface area (Å²) in [5, 5.41) is 9.43. The van der Waals surface area contributed by atoms with Gasteiger partial charge in [0.2, 0.25) is 0 Å². The number of phenolic OH excluding ortho intramolecular Hbond substituents is 1. The van der Waals surface area contributed by atoms with Gasteiger partial charge in [-0.2, -0.15) is 0 Å². The third kappa shape index (κ3) is 1.15. The first-order chi connectivity index (χ1) is 6.84. The Morgan fingerprint density at radius 2 is 2.00 bits per heavy atom. The van der Waals surface area contributed by atoms with E-state index in [-0.39, 0.29) is 0 Å². The molecule has 0 amide bonds. The fourth-order valence-electron chi connectivity index (χ4n) is 3.27. The SMILES string of the molecule is Oc1ccc2c(c1)C[C@H]1CCCC[C@@H]21. The standard InChI is InChI=1S/C13H16O/c14-11-5-6-13-10(8-11)7-9-3-1-2-4-12(9)13/h5-6,8-9,12,14H,1-4,7H2/t9-,12-/m1/s1. The van der Waals surface area contributed by atoms with Gasteiger partial charge in [-0.1, -0.05) is 18.9 Å². The average molecular weight is 188 g/mol. The van der Waals surface area contributed by atoms with Gasteiger partial charge in [-0.25, -0.2) is 0 Å². The van der Waals surface area contributed by atoms with Crippen LogP contribution in [0, 0.1) is 5.92 Å². The Bertz CT molecular complexity index is 356. The number of hydrogen-bond acceptors (Lipinski definition) is 1. The van der Waals surface area contributed by atoms with Crippen molar-refractivity contribution in [2.24, 2.45) is 5.92 Å². The molecule has 3 rings (SSSR count). The number of aromatic hydroxyl groups is 1. The minimum absolute atomic E-state index is 0.433. The number of fused-ring (bicyclic) bond motifs is 3. The van der Waals surface area contributed by atoms with Crippen molar-refractivity contribution in [3.8, 4) is 5.75 Å². The minimum Gasteiger partial charge on any atom is -0.508 e. The molecule has 74 valence electrons. The summed E-state index contributed by atoms with van der Waals surface area (Å²) < 4.78 is 0. The van der Waals surface area contributed by atoms with Crippen LogP contribution in [0.2, 0.25) is 0 Å². The lowest BCUT2D eigenvalue weighted by Crippen LogP contribution is -2.12. The largest absolute Gasteiger partial charge is 0.508 e. The minimum atomic E-state index is 0.433. The Kier molecular flexibility index (Phi) is 1.79. The molecule has 1 fully saturated rings. The van der Waals surface area contributed by atoms with Crippen LogP contribution in [-0.2, 0) is 6.42 Å². The van der Waals surface area contributed by atoms with Crippen LogP contribution in [0.15, 0.2) is 18.2 Å². The maximum absolute atomic E-state index is 9.43. The predicted octanol–water partition coefficient (Wildman–Crippen LogP) is 3.22. The number of rotatable bonds is 0. The first-order valence-electron chi connectivity index (χ1n) is 5.66. The third-order valence-electron chi connectivity index (χ3n) is 3.92. The van der Waals surface area contributed by atoms with Gasteiger partial charge in [0.1, 0.15) is 5.75 Å². The Morgan fingerprint density at radius 1 is 1.14 bits per heavy atom. The second-order valence-corrected chi connectivity index (χ2v) is 4.74. The van der Waals surface area contributed by atoms with E-state index in [0.717, 1.165) is 11.8 Å². The van der Waals surface area contributed by atoms with Gasteiger partial charge >= 0.3 is 0 Å².